The van der Waals surface area contributed by atoms with Crippen LogP contribution in [0.5, 0.6) is 0 Å². The molecule has 1 N–H and O–H groups in total. The molecule has 1 aliphatic heterocycles. The van der Waals surface area contributed by atoms with E-state index < -0.39 is 7.67 Å². The Balaban J connectivity index is 2.45. The molecule has 0 amide bonds. The summed E-state index contributed by atoms with van der Waals surface area (Å²) < 4.78 is 22.7. The first-order chi connectivity index (χ1) is 11.6. The van der Waals surface area contributed by atoms with E-state index in [0.29, 0.717) is 44.4 Å². The number of carbonyl (C=O) groups is 1. The van der Waals surface area contributed by atoms with Crippen LogP contribution < -0.4 is 0 Å². The lowest BCUT2D eigenvalue weighted by molar-refractivity contribution is -0.121. The molecule has 0 bridgehead atoms. The number of aliphatic hydroxyl groups is 1. The molecule has 24 heavy (non-hydrogen) atoms. The van der Waals surface area contributed by atoms with Crippen molar-refractivity contribution in [1.29, 1.82) is 0 Å². The van der Waals surface area contributed by atoms with Gasteiger partial charge >= 0.3 is 7.67 Å². The van der Waals surface area contributed by atoms with E-state index in [1.165, 1.54) is 0 Å². The van der Waals surface area contributed by atoms with Gasteiger partial charge in [-0.05, 0) is 19.3 Å². The van der Waals surface area contributed by atoms with Crippen LogP contribution in [0.4, 0.5) is 0 Å². The van der Waals surface area contributed by atoms with Crippen LogP contribution in [0, 0.1) is 0 Å². The van der Waals surface area contributed by atoms with Crippen LogP contribution in [0.1, 0.15) is 38.5 Å². The number of nitrogens with zero attached hydrogens (tertiary/aromatic N) is 2. The fourth-order valence-corrected chi connectivity index (χ4v) is 5.93. The topological polar surface area (TPSA) is 70.1 Å². The lowest BCUT2D eigenvalue weighted by Gasteiger charge is -2.40. The van der Waals surface area contributed by atoms with Gasteiger partial charge in [0.2, 0.25) is 0 Å². The summed E-state index contributed by atoms with van der Waals surface area (Å²) in [5.74, 6) is 0.662. The predicted molar refractivity (Wildman–Crippen MR) is 97.9 cm³/mol. The molecule has 1 rings (SSSR count). The first-order valence-electron chi connectivity index (χ1n) is 8.58. The number of unbranched alkanes of at least 4 members (excludes halogenated alkanes) is 3. The van der Waals surface area contributed by atoms with Gasteiger partial charge in [0.05, 0.1) is 6.61 Å². The van der Waals surface area contributed by atoms with Gasteiger partial charge in [0.1, 0.15) is 6.61 Å². The fourth-order valence-electron chi connectivity index (χ4n) is 2.75. The number of alkyl halides is 2. The van der Waals surface area contributed by atoms with Gasteiger partial charge in [-0.2, -0.15) is 0 Å². The molecule has 142 valence electrons. The SMILES string of the molecule is O=C(CO)CCCCCCN1CCCOP1(=O)N(CCCl)CCCl. The Kier molecular flexibility index (Phi) is 11.8. The van der Waals surface area contributed by atoms with E-state index in [4.69, 9.17) is 32.8 Å². The molecular formula is C15H29Cl2N2O4P. The van der Waals surface area contributed by atoms with Crippen LogP contribution in [-0.2, 0) is 13.9 Å². The second-order valence-corrected chi connectivity index (χ2v) is 8.95. The van der Waals surface area contributed by atoms with Crippen LogP contribution in [0.15, 0.2) is 0 Å². The zero-order chi connectivity index (χ0) is 17.8. The Bertz CT molecular complexity index is 409. The lowest BCUT2D eigenvalue weighted by atomic mass is 10.1. The quantitative estimate of drug-likeness (QED) is 0.290. The minimum Gasteiger partial charge on any atom is -0.389 e. The van der Waals surface area contributed by atoms with Crippen molar-refractivity contribution in [2.75, 3.05) is 51.2 Å². The number of ketones is 1. The average Bonchev–Trinajstić information content (AvgIpc) is 2.59. The monoisotopic (exact) mass is 402 g/mol. The summed E-state index contributed by atoms with van der Waals surface area (Å²) in [6, 6.07) is 0. The molecule has 0 aromatic carbocycles. The van der Waals surface area contributed by atoms with Gasteiger partial charge in [-0.15, -0.1) is 23.2 Å². The molecule has 0 radical (unpaired) electrons. The number of hydrogen-bond donors (Lipinski definition) is 1. The maximum atomic E-state index is 13.3. The number of halogens is 2. The number of hydrogen-bond acceptors (Lipinski definition) is 4. The number of carbonyl (C=O) groups excluding carboxylic acids is 1. The Morgan fingerprint density at radius 2 is 1.83 bits per heavy atom. The van der Waals surface area contributed by atoms with Crippen molar-refractivity contribution in [3.63, 3.8) is 0 Å². The van der Waals surface area contributed by atoms with E-state index in [0.717, 1.165) is 38.6 Å². The fraction of sp³-hybridized carbons (Fsp3) is 0.933. The maximum absolute atomic E-state index is 13.3. The van der Waals surface area contributed by atoms with Crippen molar-refractivity contribution in [1.82, 2.24) is 9.34 Å². The standard InChI is InChI=1S/C15H29Cl2N2O4P/c16-7-11-19(12-8-17)24(22)18(10-5-13-23-24)9-4-2-1-3-6-15(21)14-20/h20H,1-14H2. The summed E-state index contributed by atoms with van der Waals surface area (Å²) >= 11 is 11.7. The zero-order valence-corrected chi connectivity index (χ0v) is 16.6. The molecule has 0 aromatic rings. The summed E-state index contributed by atoms with van der Waals surface area (Å²) in [6.45, 7) is 2.56. The van der Waals surface area contributed by atoms with E-state index in [1.54, 1.807) is 4.67 Å². The van der Waals surface area contributed by atoms with Crippen molar-refractivity contribution in [3.05, 3.63) is 0 Å². The third-order valence-corrected chi connectivity index (χ3v) is 7.11. The Labute approximate surface area is 155 Å². The normalized spacial score (nSPS) is 22.2. The van der Waals surface area contributed by atoms with Crippen molar-refractivity contribution < 1.29 is 19.0 Å². The maximum Gasteiger partial charge on any atom is 0.346 e. The molecule has 6 nitrogen and oxygen atoms in total. The molecule has 0 aromatic heterocycles. The van der Waals surface area contributed by atoms with Gasteiger partial charge < -0.3 is 9.63 Å². The van der Waals surface area contributed by atoms with Crippen LogP contribution in [0.2, 0.25) is 0 Å². The van der Waals surface area contributed by atoms with Gasteiger partial charge in [0.25, 0.3) is 0 Å². The van der Waals surface area contributed by atoms with Crippen molar-refractivity contribution in [2.45, 2.75) is 38.5 Å². The Hall–Kier alpha value is 0.320. The molecule has 1 fully saturated rings. The van der Waals surface area contributed by atoms with E-state index in [2.05, 4.69) is 0 Å². The van der Waals surface area contributed by atoms with Crippen LogP contribution >= 0.6 is 30.9 Å². The molecule has 9 heteroatoms. The van der Waals surface area contributed by atoms with Crippen molar-refractivity contribution in [3.8, 4) is 0 Å². The summed E-state index contributed by atoms with van der Waals surface area (Å²) in [5, 5.41) is 8.68. The summed E-state index contributed by atoms with van der Waals surface area (Å²) in [5.41, 5.74) is 0. The minimum atomic E-state index is -3.03. The van der Waals surface area contributed by atoms with E-state index in [-0.39, 0.29) is 12.4 Å². The summed E-state index contributed by atoms with van der Waals surface area (Å²) in [4.78, 5) is 11.0. The average molecular weight is 403 g/mol. The number of rotatable bonds is 13. The second kappa shape index (κ2) is 12.6. The Morgan fingerprint density at radius 3 is 2.46 bits per heavy atom. The van der Waals surface area contributed by atoms with Crippen molar-refractivity contribution >= 4 is 36.7 Å². The van der Waals surface area contributed by atoms with Crippen LogP contribution in [0.25, 0.3) is 0 Å². The highest BCUT2D eigenvalue weighted by Crippen LogP contribution is 2.56. The molecule has 1 saturated heterocycles. The third kappa shape index (κ3) is 7.28. The molecule has 1 aliphatic rings. The zero-order valence-electron chi connectivity index (χ0n) is 14.2. The molecule has 0 spiro atoms. The largest absolute Gasteiger partial charge is 0.389 e. The van der Waals surface area contributed by atoms with E-state index >= 15 is 0 Å². The van der Waals surface area contributed by atoms with Gasteiger partial charge in [-0.1, -0.05) is 12.8 Å². The predicted octanol–water partition coefficient (Wildman–Crippen LogP) is 3.11. The number of aliphatic hydroxyl groups excluding tert-OH is 1. The molecule has 1 heterocycles. The molecule has 1 unspecified atom stereocenters. The smallest absolute Gasteiger partial charge is 0.346 e. The summed E-state index contributed by atoms with van der Waals surface area (Å²) in [6.07, 6.45) is 4.87. The summed E-state index contributed by atoms with van der Waals surface area (Å²) in [7, 11) is -3.03. The molecule has 0 aliphatic carbocycles. The van der Waals surface area contributed by atoms with Crippen molar-refractivity contribution in [2.24, 2.45) is 0 Å². The van der Waals surface area contributed by atoms with E-state index in [1.807, 2.05) is 4.67 Å². The van der Waals surface area contributed by atoms with Gasteiger partial charge in [0.15, 0.2) is 5.78 Å². The van der Waals surface area contributed by atoms with Gasteiger partial charge in [0, 0.05) is 44.4 Å². The Morgan fingerprint density at radius 1 is 1.17 bits per heavy atom. The van der Waals surface area contributed by atoms with E-state index in [9.17, 15) is 9.36 Å². The second-order valence-electron chi connectivity index (χ2n) is 5.82. The van der Waals surface area contributed by atoms with Crippen LogP contribution in [0.3, 0.4) is 0 Å². The highest BCUT2D eigenvalue weighted by atomic mass is 35.5. The first kappa shape index (κ1) is 22.4. The third-order valence-electron chi connectivity index (χ3n) is 4.02. The molecule has 1 atom stereocenters. The van der Waals surface area contributed by atoms with Gasteiger partial charge in [-0.25, -0.2) is 9.34 Å². The van der Waals surface area contributed by atoms with Gasteiger partial charge in [-0.3, -0.25) is 9.36 Å². The molecule has 0 saturated carbocycles. The lowest BCUT2D eigenvalue weighted by Crippen LogP contribution is -2.39. The van der Waals surface area contributed by atoms with Crippen LogP contribution in [-0.4, -0.2) is 71.4 Å². The molecular weight excluding hydrogens is 374 g/mol. The highest BCUT2D eigenvalue weighted by molar-refractivity contribution is 7.54. The minimum absolute atomic E-state index is 0.110. The number of Topliss-reactive ketones (excluding diaryl/α,β-unsaturated/α-hetero) is 1. The first-order valence-corrected chi connectivity index (χ1v) is 11.2. The highest BCUT2D eigenvalue weighted by Gasteiger charge is 2.40.